The fraction of sp³-hybridized carbons (Fsp3) is 0.286. The van der Waals surface area contributed by atoms with Crippen molar-refractivity contribution in [2.24, 2.45) is 5.73 Å². The van der Waals surface area contributed by atoms with Gasteiger partial charge in [0, 0.05) is 16.0 Å². The second kappa shape index (κ2) is 6.62. The Kier molecular flexibility index (Phi) is 5.13. The van der Waals surface area contributed by atoms with Crippen LogP contribution < -0.4 is 5.73 Å². The van der Waals surface area contributed by atoms with E-state index in [1.165, 1.54) is 9.10 Å². The van der Waals surface area contributed by atoms with Crippen molar-refractivity contribution in [3.05, 3.63) is 46.3 Å². The monoisotopic (exact) mass is 297 g/mol. The summed E-state index contributed by atoms with van der Waals surface area (Å²) in [6.07, 6.45) is 1.82. The number of hydrogen-bond acceptors (Lipinski definition) is 3. The van der Waals surface area contributed by atoms with Crippen molar-refractivity contribution in [1.29, 1.82) is 0 Å². The van der Waals surface area contributed by atoms with E-state index >= 15 is 0 Å². The third kappa shape index (κ3) is 3.75. The van der Waals surface area contributed by atoms with E-state index in [4.69, 9.17) is 17.3 Å². The maximum Gasteiger partial charge on any atom is 0.0646 e. The number of nitrogens with two attached hydrogens (primary N) is 1. The summed E-state index contributed by atoms with van der Waals surface area (Å²) in [6, 6.07) is 10.6. The minimum Gasteiger partial charge on any atom is -0.327 e. The van der Waals surface area contributed by atoms with Crippen LogP contribution in [0.1, 0.15) is 18.9 Å². The normalized spacial score (nSPS) is 12.6. The molecule has 1 atom stereocenters. The van der Waals surface area contributed by atoms with Gasteiger partial charge in [0.05, 0.1) is 4.21 Å². The topological polar surface area (TPSA) is 26.0 Å². The number of rotatable bonds is 5. The molecule has 0 aliphatic carbocycles. The highest BCUT2D eigenvalue weighted by molar-refractivity contribution is 8.01. The van der Waals surface area contributed by atoms with Gasteiger partial charge in [0.2, 0.25) is 0 Å². The van der Waals surface area contributed by atoms with E-state index in [0.717, 1.165) is 23.4 Å². The lowest BCUT2D eigenvalue weighted by Gasteiger charge is -2.11. The maximum atomic E-state index is 6.31. The average Bonchev–Trinajstić information content (AvgIpc) is 2.85. The van der Waals surface area contributed by atoms with Crippen LogP contribution in [-0.4, -0.2) is 6.04 Å². The lowest BCUT2D eigenvalue weighted by Crippen LogP contribution is -2.21. The molecule has 4 heteroatoms. The molecule has 1 unspecified atom stereocenters. The fourth-order valence-electron chi connectivity index (χ4n) is 1.62. The molecule has 0 spiro atoms. The van der Waals surface area contributed by atoms with Crippen molar-refractivity contribution in [1.82, 2.24) is 0 Å². The molecular weight excluding hydrogens is 282 g/mol. The summed E-state index contributed by atoms with van der Waals surface area (Å²) in [5, 5.41) is 2.90. The molecule has 0 aliphatic heterocycles. The van der Waals surface area contributed by atoms with Crippen molar-refractivity contribution in [2.75, 3.05) is 0 Å². The highest BCUT2D eigenvalue weighted by Crippen LogP contribution is 2.33. The van der Waals surface area contributed by atoms with E-state index in [1.807, 2.05) is 6.07 Å². The summed E-state index contributed by atoms with van der Waals surface area (Å²) in [5.74, 6) is 0. The van der Waals surface area contributed by atoms with Crippen LogP contribution in [0.5, 0.6) is 0 Å². The summed E-state index contributed by atoms with van der Waals surface area (Å²) in [4.78, 5) is 1.18. The SMILES string of the molecule is CCC(N)Cc1ccc(Sc2cccs2)cc1Cl. The minimum absolute atomic E-state index is 0.193. The standard InChI is InChI=1S/C14H16ClNS2/c1-2-11(16)8-10-5-6-12(9-13(10)15)18-14-4-3-7-17-14/h3-7,9,11H,2,8,16H2,1H3. The van der Waals surface area contributed by atoms with E-state index in [-0.39, 0.29) is 6.04 Å². The molecule has 0 bridgehead atoms. The predicted octanol–water partition coefficient (Wildman–Crippen LogP) is 4.83. The van der Waals surface area contributed by atoms with E-state index < -0.39 is 0 Å². The molecule has 18 heavy (non-hydrogen) atoms. The molecule has 1 nitrogen and oxygen atoms in total. The zero-order valence-corrected chi connectivity index (χ0v) is 12.6. The minimum atomic E-state index is 0.193. The van der Waals surface area contributed by atoms with E-state index in [1.54, 1.807) is 23.1 Å². The molecule has 1 aromatic heterocycles. The van der Waals surface area contributed by atoms with Gasteiger partial charge in [-0.05, 0) is 42.0 Å². The lowest BCUT2D eigenvalue weighted by atomic mass is 10.1. The first kappa shape index (κ1) is 13.9. The predicted molar refractivity (Wildman–Crippen MR) is 81.9 cm³/mol. The highest BCUT2D eigenvalue weighted by Gasteiger charge is 2.07. The Morgan fingerprint density at radius 2 is 2.22 bits per heavy atom. The van der Waals surface area contributed by atoms with Crippen LogP contribution in [-0.2, 0) is 6.42 Å². The molecule has 2 rings (SSSR count). The van der Waals surface area contributed by atoms with Crippen molar-refractivity contribution < 1.29 is 0 Å². The smallest absolute Gasteiger partial charge is 0.0646 e. The van der Waals surface area contributed by atoms with Crippen LogP contribution in [0, 0.1) is 0 Å². The van der Waals surface area contributed by atoms with Gasteiger partial charge in [0.1, 0.15) is 0 Å². The Labute approximate surface area is 121 Å². The number of benzene rings is 1. The van der Waals surface area contributed by atoms with Crippen molar-refractivity contribution >= 4 is 34.7 Å². The Hall–Kier alpha value is -0.480. The highest BCUT2D eigenvalue weighted by atomic mass is 35.5. The molecule has 0 saturated heterocycles. The molecule has 0 fully saturated rings. The third-order valence-electron chi connectivity index (χ3n) is 2.74. The Balaban J connectivity index is 2.09. The van der Waals surface area contributed by atoms with Gasteiger partial charge < -0.3 is 5.73 Å². The summed E-state index contributed by atoms with van der Waals surface area (Å²) < 4.78 is 1.28. The molecular formula is C14H16ClNS2. The van der Waals surface area contributed by atoms with Crippen LogP contribution in [0.25, 0.3) is 0 Å². The maximum absolute atomic E-state index is 6.31. The van der Waals surface area contributed by atoms with Gasteiger partial charge in [-0.15, -0.1) is 11.3 Å². The van der Waals surface area contributed by atoms with Crippen LogP contribution in [0.2, 0.25) is 5.02 Å². The fourth-order valence-corrected chi connectivity index (χ4v) is 3.73. The first-order chi connectivity index (χ1) is 8.69. The summed E-state index contributed by atoms with van der Waals surface area (Å²) >= 11 is 9.79. The van der Waals surface area contributed by atoms with Crippen LogP contribution in [0.4, 0.5) is 0 Å². The summed E-state index contributed by atoms with van der Waals surface area (Å²) in [7, 11) is 0. The van der Waals surface area contributed by atoms with Gasteiger partial charge in [-0.2, -0.15) is 0 Å². The molecule has 2 aromatic rings. The van der Waals surface area contributed by atoms with Crippen LogP contribution in [0.3, 0.4) is 0 Å². The summed E-state index contributed by atoms with van der Waals surface area (Å²) in [5.41, 5.74) is 7.10. The third-order valence-corrected chi connectivity index (χ3v) is 5.12. The van der Waals surface area contributed by atoms with E-state index in [2.05, 4.69) is 36.6 Å². The molecule has 2 N–H and O–H groups in total. The molecule has 1 heterocycles. The second-order valence-electron chi connectivity index (χ2n) is 4.16. The van der Waals surface area contributed by atoms with Crippen LogP contribution in [0.15, 0.2) is 44.8 Å². The van der Waals surface area contributed by atoms with Gasteiger partial charge in [0.25, 0.3) is 0 Å². The lowest BCUT2D eigenvalue weighted by molar-refractivity contribution is 0.646. The number of halogens is 1. The molecule has 96 valence electrons. The molecule has 0 amide bonds. The van der Waals surface area contributed by atoms with E-state index in [9.17, 15) is 0 Å². The largest absolute Gasteiger partial charge is 0.327 e. The first-order valence-corrected chi connectivity index (χ1v) is 8.02. The zero-order valence-electron chi connectivity index (χ0n) is 10.2. The Morgan fingerprint density at radius 3 is 2.83 bits per heavy atom. The average molecular weight is 298 g/mol. The molecule has 1 aromatic carbocycles. The Morgan fingerprint density at radius 1 is 1.39 bits per heavy atom. The van der Waals surface area contributed by atoms with Gasteiger partial charge in [0.15, 0.2) is 0 Å². The Bertz CT molecular complexity index is 497. The number of hydrogen-bond donors (Lipinski definition) is 1. The summed E-state index contributed by atoms with van der Waals surface area (Å²) in [6.45, 7) is 2.10. The van der Waals surface area contributed by atoms with Crippen molar-refractivity contribution in [3.63, 3.8) is 0 Å². The van der Waals surface area contributed by atoms with Crippen molar-refractivity contribution in [3.8, 4) is 0 Å². The zero-order chi connectivity index (χ0) is 13.0. The molecule has 0 aliphatic rings. The number of thiophene rings is 1. The molecule has 0 saturated carbocycles. The van der Waals surface area contributed by atoms with Crippen LogP contribution >= 0.6 is 34.7 Å². The van der Waals surface area contributed by atoms with Gasteiger partial charge in [-0.25, -0.2) is 0 Å². The second-order valence-corrected chi connectivity index (χ2v) is 6.89. The van der Waals surface area contributed by atoms with E-state index in [0.29, 0.717) is 0 Å². The molecule has 0 radical (unpaired) electrons. The van der Waals surface area contributed by atoms with Gasteiger partial charge >= 0.3 is 0 Å². The van der Waals surface area contributed by atoms with Gasteiger partial charge in [-0.3, -0.25) is 0 Å². The first-order valence-electron chi connectivity index (χ1n) is 5.94. The van der Waals surface area contributed by atoms with Crippen molar-refractivity contribution in [2.45, 2.75) is 34.9 Å². The quantitative estimate of drug-likeness (QED) is 0.855. The van der Waals surface area contributed by atoms with Gasteiger partial charge in [-0.1, -0.05) is 42.4 Å².